The van der Waals surface area contributed by atoms with E-state index in [-0.39, 0.29) is 0 Å². The standard InChI is InChI=1S/3C8H2F4O4.2Al/c3*9-3-1(7(13)14)4(10)6(12)2(5(3)11)8(15)16;;/h3*(H,13,14)(H,15,16);;/q;;;2*+3/p-6. The lowest BCUT2D eigenvalue weighted by molar-refractivity contribution is 0.0368. The molecule has 0 N–H and O–H groups in total. The zero-order valence-corrected chi connectivity index (χ0v) is 24.9. The van der Waals surface area contributed by atoms with Gasteiger partial charge in [0.25, 0.3) is 0 Å². The van der Waals surface area contributed by atoms with Crippen LogP contribution in [0.2, 0.25) is 0 Å². The molecule has 12 nitrogen and oxygen atoms in total. The molecule has 0 saturated carbocycles. The van der Waals surface area contributed by atoms with Gasteiger partial charge in [0.05, 0.1) is 0 Å². The Morgan fingerprint density at radius 1 is 0.360 bits per heavy atom. The lowest BCUT2D eigenvalue weighted by Gasteiger charge is -2.15. The third-order valence-electron chi connectivity index (χ3n) is 6.23. The Morgan fingerprint density at radius 3 is 0.720 bits per heavy atom. The molecule has 0 unspecified atom stereocenters. The van der Waals surface area contributed by atoms with Gasteiger partial charge >= 0.3 is 66.1 Å². The molecule has 4 heterocycles. The summed E-state index contributed by atoms with van der Waals surface area (Å²) in [6.07, 6.45) is 0. The molecular weight excluding hydrogens is 762 g/mol. The number of carbonyl (C=O) groups is 6. The number of hydrogen-bond acceptors (Lipinski definition) is 12. The summed E-state index contributed by atoms with van der Waals surface area (Å²) in [5, 5.41) is 0. The molecule has 0 saturated heterocycles. The van der Waals surface area contributed by atoms with Gasteiger partial charge in [-0.3, -0.25) is 0 Å². The van der Waals surface area contributed by atoms with E-state index in [1.165, 1.54) is 0 Å². The van der Waals surface area contributed by atoms with E-state index < -0.39 is 169 Å². The van der Waals surface area contributed by atoms with E-state index in [1.807, 2.05) is 0 Å². The number of halogens is 12. The Balaban J connectivity index is 1.43. The van der Waals surface area contributed by atoms with Gasteiger partial charge in [0.2, 0.25) is 0 Å². The van der Waals surface area contributed by atoms with E-state index >= 15 is 0 Å². The van der Waals surface area contributed by atoms with Crippen molar-refractivity contribution in [2.75, 3.05) is 0 Å². The maximum Gasteiger partial charge on any atom is 1.20 e. The van der Waals surface area contributed by atoms with Crippen LogP contribution in [-0.2, 0) is 22.7 Å². The Kier molecular flexibility index (Phi) is 9.26. The third kappa shape index (κ3) is 5.65. The lowest BCUT2D eigenvalue weighted by Crippen LogP contribution is -2.36. The molecule has 0 fully saturated rings. The van der Waals surface area contributed by atoms with Crippen molar-refractivity contribution in [2.45, 2.75) is 0 Å². The summed E-state index contributed by atoms with van der Waals surface area (Å²) in [6.45, 7) is 0. The molecule has 0 spiro atoms. The van der Waals surface area contributed by atoms with Crippen LogP contribution in [0.25, 0.3) is 0 Å². The quantitative estimate of drug-likeness (QED) is 0.216. The van der Waals surface area contributed by atoms with E-state index in [1.54, 1.807) is 0 Å². The Hall–Kier alpha value is -5.30. The molecule has 50 heavy (non-hydrogen) atoms. The number of rotatable bonds is 4. The van der Waals surface area contributed by atoms with Crippen molar-refractivity contribution in [3.63, 3.8) is 0 Å². The first-order chi connectivity index (χ1) is 23.3. The van der Waals surface area contributed by atoms with Crippen molar-refractivity contribution in [3.8, 4) is 0 Å². The summed E-state index contributed by atoms with van der Waals surface area (Å²) in [5.41, 5.74) is -13.5. The van der Waals surface area contributed by atoms with Gasteiger partial charge in [-0.25, -0.2) is 81.5 Å². The van der Waals surface area contributed by atoms with Gasteiger partial charge in [0, 0.05) is 0 Å². The van der Waals surface area contributed by atoms with Crippen LogP contribution in [-0.4, -0.2) is 66.1 Å². The Morgan fingerprint density at radius 2 is 0.540 bits per heavy atom. The fourth-order valence-electron chi connectivity index (χ4n) is 3.99. The SMILES string of the molecule is O=C([O][Al]1[O]C(=O)c2c(F)c(F)c(c(F)c2F)C(=O)[O]1)c1c(F)c(F)c(C(=O)[O][Al]2[O]C(=O)c3c(F)c(F)c(c(F)c3F)C(=O)[O]2)c(F)c1F. The summed E-state index contributed by atoms with van der Waals surface area (Å²) in [4.78, 5) is 73.3. The first kappa shape index (κ1) is 36.0. The summed E-state index contributed by atoms with van der Waals surface area (Å²) in [7, 11) is 0. The van der Waals surface area contributed by atoms with Crippen molar-refractivity contribution in [3.05, 3.63) is 103 Å². The first-order valence-electron chi connectivity index (χ1n) is 12.1. The highest BCUT2D eigenvalue weighted by molar-refractivity contribution is 6.46. The zero-order chi connectivity index (χ0) is 37.3. The summed E-state index contributed by atoms with van der Waals surface area (Å²) in [5.74, 6) is -46.5. The molecule has 0 aliphatic carbocycles. The van der Waals surface area contributed by atoms with Gasteiger partial charge in [0.1, 0.15) is 33.4 Å². The van der Waals surface area contributed by atoms with Crippen molar-refractivity contribution in [2.24, 2.45) is 0 Å². The normalized spacial score (nSPS) is 14.1. The molecule has 26 heteroatoms. The maximum absolute atomic E-state index is 14.9. The number of fused-ring (bicyclic) bond motifs is 12. The molecule has 3 aromatic carbocycles. The highest BCUT2D eigenvalue weighted by Gasteiger charge is 2.56. The zero-order valence-electron chi connectivity index (χ0n) is 22.6. The van der Waals surface area contributed by atoms with Crippen LogP contribution in [0.1, 0.15) is 62.1 Å². The van der Waals surface area contributed by atoms with Crippen molar-refractivity contribution < 1.29 is 104 Å². The van der Waals surface area contributed by atoms with Crippen LogP contribution >= 0.6 is 0 Å². The van der Waals surface area contributed by atoms with Gasteiger partial charge in [-0.05, 0) is 0 Å². The minimum atomic E-state index is -5.09. The second-order valence-corrected chi connectivity index (χ2v) is 11.6. The topological polar surface area (TPSA) is 158 Å². The number of carbonyl (C=O) groups excluding carboxylic acids is 6. The van der Waals surface area contributed by atoms with Crippen molar-refractivity contribution in [1.29, 1.82) is 0 Å². The average Bonchev–Trinajstić information content (AvgIpc) is 3.10. The molecule has 4 aliphatic rings. The van der Waals surface area contributed by atoms with Gasteiger partial charge < -0.3 is 22.7 Å². The second kappa shape index (κ2) is 12.9. The molecule has 0 aromatic heterocycles. The fourth-order valence-corrected chi connectivity index (χ4v) is 6.04. The van der Waals surface area contributed by atoms with Crippen LogP contribution < -0.4 is 0 Å². The van der Waals surface area contributed by atoms with E-state index in [4.69, 9.17) is 0 Å². The van der Waals surface area contributed by atoms with Crippen LogP contribution in [0.15, 0.2) is 0 Å². The predicted octanol–water partition coefficient (Wildman–Crippen LogP) is 3.69. The molecule has 0 radical (unpaired) electrons. The summed E-state index contributed by atoms with van der Waals surface area (Å²) >= 11 is -10.2. The van der Waals surface area contributed by atoms with E-state index in [2.05, 4.69) is 22.7 Å². The number of benzene rings is 3. The molecule has 0 amide bonds. The summed E-state index contributed by atoms with van der Waals surface area (Å²) in [6, 6.07) is 0. The third-order valence-corrected chi connectivity index (χ3v) is 8.67. The minimum Gasteiger partial charge on any atom is -0.547 e. The highest BCUT2D eigenvalue weighted by atomic mass is 27.3. The van der Waals surface area contributed by atoms with Gasteiger partial charge in [-0.15, -0.1) is 0 Å². The van der Waals surface area contributed by atoms with Crippen molar-refractivity contribution >= 4 is 66.1 Å². The highest BCUT2D eigenvalue weighted by Crippen LogP contribution is 2.31. The molecule has 7 rings (SSSR count). The smallest absolute Gasteiger partial charge is 0.547 e. The lowest BCUT2D eigenvalue weighted by atomic mass is 10.1. The van der Waals surface area contributed by atoms with Gasteiger partial charge in [-0.2, -0.15) is 0 Å². The predicted molar refractivity (Wildman–Crippen MR) is 123 cm³/mol. The average molecular weight is 762 g/mol. The van der Waals surface area contributed by atoms with E-state index in [0.717, 1.165) is 0 Å². The maximum atomic E-state index is 14.9. The minimum absolute atomic E-state index is 2.14. The fraction of sp³-hybridized carbons (Fsp3) is 0. The van der Waals surface area contributed by atoms with E-state index in [9.17, 15) is 81.5 Å². The molecule has 0 atom stereocenters. The Bertz CT molecular complexity index is 1810. The molecule has 4 bridgehead atoms. The first-order valence-corrected chi connectivity index (χ1v) is 15.0. The number of hydrogen-bond donors (Lipinski definition) is 0. The largest absolute Gasteiger partial charge is 1.20 e. The Labute approximate surface area is 273 Å². The van der Waals surface area contributed by atoms with Crippen molar-refractivity contribution in [1.82, 2.24) is 0 Å². The molecule has 258 valence electrons. The van der Waals surface area contributed by atoms with Crippen LogP contribution in [0, 0.1) is 69.8 Å². The van der Waals surface area contributed by atoms with Gasteiger partial charge in [-0.1, -0.05) is 0 Å². The molecule has 4 aliphatic heterocycles. The van der Waals surface area contributed by atoms with Crippen LogP contribution in [0.4, 0.5) is 52.7 Å². The summed E-state index contributed by atoms with van der Waals surface area (Å²) < 4.78 is 197. The van der Waals surface area contributed by atoms with Crippen LogP contribution in [0.3, 0.4) is 0 Å². The molecule has 3 aromatic rings. The van der Waals surface area contributed by atoms with Crippen LogP contribution in [0.5, 0.6) is 0 Å². The molecular formula is C24Al2F12O12. The van der Waals surface area contributed by atoms with E-state index in [0.29, 0.717) is 0 Å². The monoisotopic (exact) mass is 762 g/mol. The van der Waals surface area contributed by atoms with Gasteiger partial charge in [0.15, 0.2) is 69.8 Å². The second-order valence-electron chi connectivity index (χ2n) is 9.03.